The Morgan fingerprint density at radius 2 is 1.96 bits per heavy atom. The number of carbonyl (C=O) groups is 2. The Kier molecular flexibility index (Phi) is 8.69. The molecule has 0 unspecified atom stereocenters. The standard InChI is InChI=1S/C17H24BrNO4/c1-4-22-17(21)16(12(2)3)19-15(20)10-7-11-23-14-9-6-5-8-13(14)18/h5-6,8-9,12,16H,4,7,10-11H2,1-3H3,(H,19,20)/t16-/m1/s1. The van der Waals surface area contributed by atoms with E-state index in [9.17, 15) is 9.59 Å². The summed E-state index contributed by atoms with van der Waals surface area (Å²) in [6.07, 6.45) is 0.869. The molecule has 1 rings (SSSR count). The molecule has 1 aromatic carbocycles. The Morgan fingerprint density at radius 3 is 2.57 bits per heavy atom. The fraction of sp³-hybridized carbons (Fsp3) is 0.529. The van der Waals surface area contributed by atoms with Crippen LogP contribution in [0.4, 0.5) is 0 Å². The summed E-state index contributed by atoms with van der Waals surface area (Å²) in [6.45, 7) is 6.23. The SMILES string of the molecule is CCOC(=O)[C@H](NC(=O)CCCOc1ccccc1Br)C(C)C. The molecule has 0 aliphatic heterocycles. The van der Waals surface area contributed by atoms with Crippen molar-refractivity contribution in [3.8, 4) is 5.75 Å². The number of halogens is 1. The first kappa shape index (κ1) is 19.5. The second-order valence-electron chi connectivity index (χ2n) is 5.42. The van der Waals surface area contributed by atoms with Gasteiger partial charge >= 0.3 is 5.97 Å². The first-order valence-electron chi connectivity index (χ1n) is 7.79. The summed E-state index contributed by atoms with van der Waals surface area (Å²) in [5.74, 6) is 0.168. The maximum absolute atomic E-state index is 12.0. The van der Waals surface area contributed by atoms with E-state index in [1.807, 2.05) is 38.1 Å². The van der Waals surface area contributed by atoms with Gasteiger partial charge in [0, 0.05) is 6.42 Å². The molecule has 0 radical (unpaired) electrons. The molecule has 0 saturated heterocycles. The Hall–Kier alpha value is -1.56. The number of para-hydroxylation sites is 1. The minimum atomic E-state index is -0.605. The van der Waals surface area contributed by atoms with Crippen LogP contribution in [0.1, 0.15) is 33.6 Å². The molecule has 5 nitrogen and oxygen atoms in total. The smallest absolute Gasteiger partial charge is 0.328 e. The van der Waals surface area contributed by atoms with E-state index in [4.69, 9.17) is 9.47 Å². The van der Waals surface area contributed by atoms with E-state index in [1.165, 1.54) is 0 Å². The van der Waals surface area contributed by atoms with Crippen molar-refractivity contribution in [2.45, 2.75) is 39.7 Å². The number of amides is 1. The van der Waals surface area contributed by atoms with E-state index in [0.717, 1.165) is 10.2 Å². The van der Waals surface area contributed by atoms with Crippen molar-refractivity contribution in [3.05, 3.63) is 28.7 Å². The van der Waals surface area contributed by atoms with E-state index < -0.39 is 6.04 Å². The average Bonchev–Trinajstić information content (AvgIpc) is 2.50. The van der Waals surface area contributed by atoms with Crippen LogP contribution in [0.2, 0.25) is 0 Å². The van der Waals surface area contributed by atoms with Crippen LogP contribution >= 0.6 is 15.9 Å². The third-order valence-corrected chi connectivity index (χ3v) is 3.82. The summed E-state index contributed by atoms with van der Waals surface area (Å²) in [4.78, 5) is 23.8. The summed E-state index contributed by atoms with van der Waals surface area (Å²) in [5.41, 5.74) is 0. The number of carbonyl (C=O) groups excluding carboxylic acids is 2. The summed E-state index contributed by atoms with van der Waals surface area (Å²) < 4.78 is 11.5. The topological polar surface area (TPSA) is 64.6 Å². The van der Waals surface area contributed by atoms with Crippen LogP contribution in [-0.2, 0) is 14.3 Å². The van der Waals surface area contributed by atoms with Gasteiger partial charge in [0.1, 0.15) is 11.8 Å². The lowest BCUT2D eigenvalue weighted by Gasteiger charge is -2.20. The molecule has 0 aliphatic rings. The van der Waals surface area contributed by atoms with Crippen LogP contribution in [0.3, 0.4) is 0 Å². The predicted octanol–water partition coefficient (Wildman–Crippen LogP) is 3.31. The molecular formula is C17H24BrNO4. The number of hydrogen-bond acceptors (Lipinski definition) is 4. The van der Waals surface area contributed by atoms with Gasteiger partial charge in [-0.15, -0.1) is 0 Å². The number of nitrogens with one attached hydrogen (secondary N) is 1. The van der Waals surface area contributed by atoms with Crippen molar-refractivity contribution in [1.29, 1.82) is 0 Å². The first-order valence-corrected chi connectivity index (χ1v) is 8.58. The van der Waals surface area contributed by atoms with Crippen molar-refractivity contribution in [2.24, 2.45) is 5.92 Å². The lowest BCUT2D eigenvalue weighted by atomic mass is 10.0. The first-order chi connectivity index (χ1) is 11.0. The van der Waals surface area contributed by atoms with Crippen LogP contribution in [0.25, 0.3) is 0 Å². The second-order valence-corrected chi connectivity index (χ2v) is 6.28. The van der Waals surface area contributed by atoms with Gasteiger partial charge in [-0.3, -0.25) is 4.79 Å². The highest BCUT2D eigenvalue weighted by atomic mass is 79.9. The summed E-state index contributed by atoms with van der Waals surface area (Å²) in [6, 6.07) is 6.95. The van der Waals surface area contributed by atoms with E-state index in [2.05, 4.69) is 21.2 Å². The maximum Gasteiger partial charge on any atom is 0.328 e. The number of rotatable bonds is 9. The molecule has 1 atom stereocenters. The molecule has 0 aliphatic carbocycles. The molecule has 0 fully saturated rings. The molecule has 1 N–H and O–H groups in total. The van der Waals surface area contributed by atoms with Crippen molar-refractivity contribution in [2.75, 3.05) is 13.2 Å². The van der Waals surface area contributed by atoms with Gasteiger partial charge in [0.2, 0.25) is 5.91 Å². The molecule has 0 aromatic heterocycles. The average molecular weight is 386 g/mol. The highest BCUT2D eigenvalue weighted by Gasteiger charge is 2.25. The van der Waals surface area contributed by atoms with E-state index in [0.29, 0.717) is 26.1 Å². The molecule has 0 bridgehead atoms. The van der Waals surface area contributed by atoms with Gasteiger partial charge in [-0.25, -0.2) is 4.79 Å². The summed E-state index contributed by atoms with van der Waals surface area (Å²) in [5, 5.41) is 2.73. The van der Waals surface area contributed by atoms with Gasteiger partial charge in [-0.2, -0.15) is 0 Å². The van der Waals surface area contributed by atoms with E-state index >= 15 is 0 Å². The number of benzene rings is 1. The lowest BCUT2D eigenvalue weighted by Crippen LogP contribution is -2.45. The third kappa shape index (κ3) is 7.03. The molecule has 0 spiro atoms. The molecule has 23 heavy (non-hydrogen) atoms. The highest BCUT2D eigenvalue weighted by molar-refractivity contribution is 9.10. The third-order valence-electron chi connectivity index (χ3n) is 3.17. The van der Waals surface area contributed by atoms with E-state index in [1.54, 1.807) is 6.92 Å². The number of ether oxygens (including phenoxy) is 2. The van der Waals surface area contributed by atoms with Gasteiger partial charge in [0.15, 0.2) is 0 Å². The molecule has 6 heteroatoms. The maximum atomic E-state index is 12.0. The van der Waals surface area contributed by atoms with Gasteiger partial charge in [-0.05, 0) is 47.3 Å². The largest absolute Gasteiger partial charge is 0.492 e. The Labute approximate surface area is 145 Å². The Morgan fingerprint density at radius 1 is 1.26 bits per heavy atom. The molecular weight excluding hydrogens is 362 g/mol. The van der Waals surface area contributed by atoms with Crippen molar-refractivity contribution < 1.29 is 19.1 Å². The van der Waals surface area contributed by atoms with Crippen LogP contribution in [0.5, 0.6) is 5.75 Å². The van der Waals surface area contributed by atoms with Crippen LogP contribution in [0.15, 0.2) is 28.7 Å². The normalized spacial score (nSPS) is 11.9. The fourth-order valence-electron chi connectivity index (χ4n) is 1.95. The van der Waals surface area contributed by atoms with Gasteiger partial charge in [-0.1, -0.05) is 26.0 Å². The Bertz CT molecular complexity index is 519. The molecule has 128 valence electrons. The molecule has 0 saturated carbocycles. The zero-order valence-electron chi connectivity index (χ0n) is 13.8. The fourth-order valence-corrected chi connectivity index (χ4v) is 2.35. The van der Waals surface area contributed by atoms with Crippen molar-refractivity contribution >= 4 is 27.8 Å². The van der Waals surface area contributed by atoms with E-state index in [-0.39, 0.29) is 17.8 Å². The van der Waals surface area contributed by atoms with Crippen molar-refractivity contribution in [3.63, 3.8) is 0 Å². The van der Waals surface area contributed by atoms with Gasteiger partial charge < -0.3 is 14.8 Å². The zero-order chi connectivity index (χ0) is 17.2. The predicted molar refractivity (Wildman–Crippen MR) is 92.3 cm³/mol. The number of hydrogen-bond donors (Lipinski definition) is 1. The molecule has 0 heterocycles. The minimum Gasteiger partial charge on any atom is -0.492 e. The quantitative estimate of drug-likeness (QED) is 0.523. The van der Waals surface area contributed by atoms with Crippen LogP contribution in [0, 0.1) is 5.92 Å². The molecule has 1 aromatic rings. The lowest BCUT2D eigenvalue weighted by molar-refractivity contribution is -0.148. The Balaban J connectivity index is 2.35. The minimum absolute atomic E-state index is 0.0190. The molecule has 1 amide bonds. The van der Waals surface area contributed by atoms with Crippen LogP contribution in [-0.4, -0.2) is 31.1 Å². The number of esters is 1. The second kappa shape index (κ2) is 10.3. The summed E-state index contributed by atoms with van der Waals surface area (Å²) >= 11 is 3.40. The highest BCUT2D eigenvalue weighted by Crippen LogP contribution is 2.23. The van der Waals surface area contributed by atoms with Crippen LogP contribution < -0.4 is 10.1 Å². The zero-order valence-corrected chi connectivity index (χ0v) is 15.4. The van der Waals surface area contributed by atoms with Gasteiger partial charge in [0.25, 0.3) is 0 Å². The van der Waals surface area contributed by atoms with Gasteiger partial charge in [0.05, 0.1) is 17.7 Å². The van der Waals surface area contributed by atoms with Crippen molar-refractivity contribution in [1.82, 2.24) is 5.32 Å². The monoisotopic (exact) mass is 385 g/mol. The summed E-state index contributed by atoms with van der Waals surface area (Å²) in [7, 11) is 0.